The smallest absolute Gasteiger partial charge is 0.323 e. The Balaban J connectivity index is 2.04. The van der Waals surface area contributed by atoms with Crippen molar-refractivity contribution in [3.8, 4) is 6.01 Å². The van der Waals surface area contributed by atoms with E-state index in [2.05, 4.69) is 32.5 Å². The monoisotopic (exact) mass is 295 g/mol. The highest BCUT2D eigenvalue weighted by Crippen LogP contribution is 2.29. The molecular formula is C14H25N5O2. The second kappa shape index (κ2) is 6.89. The number of hydrogen-bond donors (Lipinski definition) is 2. The second-order valence-corrected chi connectivity index (χ2v) is 5.96. The van der Waals surface area contributed by atoms with Crippen molar-refractivity contribution in [1.82, 2.24) is 15.0 Å². The first-order chi connectivity index (χ1) is 10.0. The van der Waals surface area contributed by atoms with Crippen molar-refractivity contribution in [1.29, 1.82) is 0 Å². The third-order valence-corrected chi connectivity index (χ3v) is 3.55. The maximum atomic E-state index is 5.55. The van der Waals surface area contributed by atoms with Crippen molar-refractivity contribution in [2.24, 2.45) is 5.41 Å². The summed E-state index contributed by atoms with van der Waals surface area (Å²) >= 11 is 0. The Hall–Kier alpha value is -1.63. The van der Waals surface area contributed by atoms with E-state index >= 15 is 0 Å². The van der Waals surface area contributed by atoms with Crippen molar-refractivity contribution in [3.05, 3.63) is 0 Å². The molecule has 0 bridgehead atoms. The normalized spacial score (nSPS) is 17.6. The van der Waals surface area contributed by atoms with Gasteiger partial charge in [0.05, 0.1) is 6.10 Å². The molecule has 0 aliphatic carbocycles. The van der Waals surface area contributed by atoms with Gasteiger partial charge < -0.3 is 20.1 Å². The lowest BCUT2D eigenvalue weighted by molar-refractivity contribution is 0.0299. The van der Waals surface area contributed by atoms with Gasteiger partial charge in [0.2, 0.25) is 11.9 Å². The van der Waals surface area contributed by atoms with Gasteiger partial charge in [-0.1, -0.05) is 6.92 Å². The molecule has 0 aromatic carbocycles. The van der Waals surface area contributed by atoms with Crippen LogP contribution in [0.1, 0.15) is 33.6 Å². The molecular weight excluding hydrogens is 270 g/mol. The minimum atomic E-state index is 0.0259. The van der Waals surface area contributed by atoms with Crippen molar-refractivity contribution < 1.29 is 9.47 Å². The first kappa shape index (κ1) is 15.8. The van der Waals surface area contributed by atoms with Gasteiger partial charge in [0.1, 0.15) is 0 Å². The highest BCUT2D eigenvalue weighted by molar-refractivity contribution is 5.35. The maximum Gasteiger partial charge on any atom is 0.323 e. The summed E-state index contributed by atoms with van der Waals surface area (Å²) in [5.74, 6) is 1.04. The number of rotatable bonds is 6. The highest BCUT2D eigenvalue weighted by Gasteiger charge is 2.27. The standard InChI is InChI=1S/C14H25N5O2/c1-10(2)21-13-18-11(15-4)17-12(19-13)16-9-14(3)5-7-20-8-6-14/h10H,5-9H2,1-4H3,(H2,15,16,17,18,19). The van der Waals surface area contributed by atoms with Gasteiger partial charge in [-0.15, -0.1) is 0 Å². The largest absolute Gasteiger partial charge is 0.461 e. The van der Waals surface area contributed by atoms with E-state index < -0.39 is 0 Å². The van der Waals surface area contributed by atoms with Crippen LogP contribution in [-0.2, 0) is 4.74 Å². The second-order valence-electron chi connectivity index (χ2n) is 5.96. The van der Waals surface area contributed by atoms with E-state index in [4.69, 9.17) is 9.47 Å². The van der Waals surface area contributed by atoms with Crippen LogP contribution < -0.4 is 15.4 Å². The molecule has 0 saturated carbocycles. The number of aromatic nitrogens is 3. The molecule has 0 atom stereocenters. The molecule has 21 heavy (non-hydrogen) atoms. The van der Waals surface area contributed by atoms with E-state index in [1.165, 1.54) is 0 Å². The molecule has 1 aromatic rings. The SMILES string of the molecule is CNc1nc(NCC2(C)CCOCC2)nc(OC(C)C)n1. The average Bonchev–Trinajstić information content (AvgIpc) is 2.45. The fraction of sp³-hybridized carbons (Fsp3) is 0.786. The summed E-state index contributed by atoms with van der Waals surface area (Å²) in [4.78, 5) is 12.8. The van der Waals surface area contributed by atoms with E-state index in [1.54, 1.807) is 7.05 Å². The van der Waals surface area contributed by atoms with Crippen molar-refractivity contribution in [3.63, 3.8) is 0 Å². The third kappa shape index (κ3) is 4.70. The van der Waals surface area contributed by atoms with E-state index in [-0.39, 0.29) is 11.5 Å². The predicted octanol–water partition coefficient (Wildman–Crippen LogP) is 1.93. The number of ether oxygens (including phenoxy) is 2. The molecule has 2 heterocycles. The highest BCUT2D eigenvalue weighted by atomic mass is 16.5. The van der Waals surface area contributed by atoms with Crippen LogP contribution in [0.25, 0.3) is 0 Å². The van der Waals surface area contributed by atoms with Crippen LogP contribution >= 0.6 is 0 Å². The van der Waals surface area contributed by atoms with Crippen LogP contribution in [0.15, 0.2) is 0 Å². The topological polar surface area (TPSA) is 81.2 Å². The molecule has 2 N–H and O–H groups in total. The molecule has 7 heteroatoms. The van der Waals surface area contributed by atoms with E-state index in [0.717, 1.165) is 32.6 Å². The minimum absolute atomic E-state index is 0.0259. The van der Waals surface area contributed by atoms with Crippen LogP contribution in [0.2, 0.25) is 0 Å². The Labute approximate surface area is 125 Å². The molecule has 0 amide bonds. The van der Waals surface area contributed by atoms with Crippen LogP contribution in [0, 0.1) is 5.41 Å². The summed E-state index contributed by atoms with van der Waals surface area (Å²) in [6.45, 7) is 8.59. The van der Waals surface area contributed by atoms with E-state index in [1.807, 2.05) is 13.8 Å². The van der Waals surface area contributed by atoms with Gasteiger partial charge >= 0.3 is 6.01 Å². The van der Waals surface area contributed by atoms with Crippen LogP contribution in [0.5, 0.6) is 6.01 Å². The zero-order valence-corrected chi connectivity index (χ0v) is 13.3. The van der Waals surface area contributed by atoms with Gasteiger partial charge in [0, 0.05) is 26.8 Å². The minimum Gasteiger partial charge on any atom is -0.461 e. The zero-order valence-electron chi connectivity index (χ0n) is 13.3. The summed E-state index contributed by atoms with van der Waals surface area (Å²) in [5.41, 5.74) is 0.212. The lowest BCUT2D eigenvalue weighted by Gasteiger charge is -2.33. The fourth-order valence-electron chi connectivity index (χ4n) is 2.14. The van der Waals surface area contributed by atoms with E-state index in [0.29, 0.717) is 17.9 Å². The van der Waals surface area contributed by atoms with Crippen LogP contribution in [0.3, 0.4) is 0 Å². The van der Waals surface area contributed by atoms with Crippen molar-refractivity contribution >= 4 is 11.9 Å². The molecule has 0 radical (unpaired) electrons. The lowest BCUT2D eigenvalue weighted by Crippen LogP contribution is -2.33. The molecule has 1 saturated heterocycles. The molecule has 2 rings (SSSR count). The van der Waals surface area contributed by atoms with Crippen LogP contribution in [-0.4, -0.2) is 47.9 Å². The Morgan fingerprint density at radius 3 is 2.48 bits per heavy atom. The average molecular weight is 295 g/mol. The summed E-state index contributed by atoms with van der Waals surface area (Å²) in [6.07, 6.45) is 2.11. The van der Waals surface area contributed by atoms with Gasteiger partial charge in [0.15, 0.2) is 0 Å². The summed E-state index contributed by atoms with van der Waals surface area (Å²) in [6, 6.07) is 0.337. The van der Waals surface area contributed by atoms with Gasteiger partial charge in [-0.25, -0.2) is 0 Å². The number of nitrogens with zero attached hydrogens (tertiary/aromatic N) is 3. The van der Waals surface area contributed by atoms with Gasteiger partial charge in [-0.3, -0.25) is 0 Å². The van der Waals surface area contributed by atoms with Crippen molar-refractivity contribution in [2.75, 3.05) is 37.4 Å². The van der Waals surface area contributed by atoms with E-state index in [9.17, 15) is 0 Å². The molecule has 7 nitrogen and oxygen atoms in total. The fourth-order valence-corrected chi connectivity index (χ4v) is 2.14. The molecule has 0 unspecified atom stereocenters. The predicted molar refractivity (Wildman–Crippen MR) is 81.8 cm³/mol. The molecule has 1 aliphatic rings. The number of nitrogens with one attached hydrogen (secondary N) is 2. The number of anilines is 2. The van der Waals surface area contributed by atoms with Gasteiger partial charge in [-0.05, 0) is 32.1 Å². The maximum absolute atomic E-state index is 5.55. The first-order valence-electron chi connectivity index (χ1n) is 7.43. The lowest BCUT2D eigenvalue weighted by atomic mass is 9.82. The molecule has 1 aliphatic heterocycles. The van der Waals surface area contributed by atoms with Gasteiger partial charge in [0.25, 0.3) is 0 Å². The Kier molecular flexibility index (Phi) is 5.17. The summed E-state index contributed by atoms with van der Waals surface area (Å²) < 4.78 is 11.0. The van der Waals surface area contributed by atoms with Crippen LogP contribution in [0.4, 0.5) is 11.9 Å². The summed E-state index contributed by atoms with van der Waals surface area (Å²) in [7, 11) is 1.78. The molecule has 118 valence electrons. The third-order valence-electron chi connectivity index (χ3n) is 3.55. The number of hydrogen-bond acceptors (Lipinski definition) is 7. The Morgan fingerprint density at radius 1 is 1.19 bits per heavy atom. The van der Waals surface area contributed by atoms with Crippen molar-refractivity contribution in [2.45, 2.75) is 39.7 Å². The Morgan fingerprint density at radius 2 is 1.86 bits per heavy atom. The molecule has 1 aromatic heterocycles. The zero-order chi connectivity index (χ0) is 15.3. The summed E-state index contributed by atoms with van der Waals surface area (Å²) in [5, 5.41) is 6.23. The molecule has 0 spiro atoms. The Bertz CT molecular complexity index is 461. The molecule has 1 fully saturated rings. The first-order valence-corrected chi connectivity index (χ1v) is 7.43. The van der Waals surface area contributed by atoms with Gasteiger partial charge in [-0.2, -0.15) is 15.0 Å². The quantitative estimate of drug-likeness (QED) is 0.830.